The van der Waals surface area contributed by atoms with E-state index in [1.54, 1.807) is 11.0 Å². The van der Waals surface area contributed by atoms with Crippen molar-refractivity contribution < 1.29 is 9.72 Å². The molecule has 118 valence electrons. The quantitative estimate of drug-likeness (QED) is 0.675. The van der Waals surface area contributed by atoms with E-state index in [1.807, 2.05) is 30.3 Å². The summed E-state index contributed by atoms with van der Waals surface area (Å²) in [5, 5.41) is 13.8. The van der Waals surface area contributed by atoms with Crippen LogP contribution in [0.3, 0.4) is 0 Å². The van der Waals surface area contributed by atoms with Gasteiger partial charge in [-0.05, 0) is 11.6 Å². The SMILES string of the molecule is O=C1CC(Nc2ccc([N+](=O)[O-])cn2)CN1Cc1ccccc1. The second-order valence-electron chi connectivity index (χ2n) is 5.46. The third kappa shape index (κ3) is 3.63. The Morgan fingerprint density at radius 1 is 1.26 bits per heavy atom. The fourth-order valence-electron chi connectivity index (χ4n) is 2.61. The minimum Gasteiger partial charge on any atom is -0.365 e. The van der Waals surface area contributed by atoms with Crippen molar-refractivity contribution in [1.82, 2.24) is 9.88 Å². The lowest BCUT2D eigenvalue weighted by atomic mass is 10.2. The number of rotatable bonds is 5. The Morgan fingerprint density at radius 2 is 2.04 bits per heavy atom. The van der Waals surface area contributed by atoms with Crippen LogP contribution in [0.5, 0.6) is 0 Å². The maximum absolute atomic E-state index is 12.1. The van der Waals surface area contributed by atoms with Gasteiger partial charge in [-0.15, -0.1) is 0 Å². The van der Waals surface area contributed by atoms with Crippen LogP contribution in [0.2, 0.25) is 0 Å². The van der Waals surface area contributed by atoms with E-state index in [9.17, 15) is 14.9 Å². The number of nitrogens with one attached hydrogen (secondary N) is 1. The molecule has 0 radical (unpaired) electrons. The predicted molar refractivity (Wildman–Crippen MR) is 84.8 cm³/mol. The van der Waals surface area contributed by atoms with Crippen molar-refractivity contribution in [1.29, 1.82) is 0 Å². The first-order chi connectivity index (χ1) is 11.1. The highest BCUT2D eigenvalue weighted by Gasteiger charge is 2.29. The number of aromatic nitrogens is 1. The Bertz CT molecular complexity index is 703. The number of hydrogen-bond acceptors (Lipinski definition) is 5. The standard InChI is InChI=1S/C16H16N4O3/c21-16-8-13(11-19(16)10-12-4-2-1-3-5-12)18-15-7-6-14(9-17-15)20(22)23/h1-7,9,13H,8,10-11H2,(H,17,18). The molecule has 1 aromatic heterocycles. The Hall–Kier alpha value is -2.96. The summed E-state index contributed by atoms with van der Waals surface area (Å²) in [6, 6.07) is 12.7. The van der Waals surface area contributed by atoms with Gasteiger partial charge in [-0.25, -0.2) is 4.98 Å². The first kappa shape index (κ1) is 15.0. The maximum atomic E-state index is 12.1. The smallest absolute Gasteiger partial charge is 0.287 e. The van der Waals surface area contributed by atoms with Gasteiger partial charge in [-0.3, -0.25) is 14.9 Å². The molecule has 1 unspecified atom stereocenters. The number of hydrogen-bond donors (Lipinski definition) is 1. The Balaban J connectivity index is 1.60. The van der Waals surface area contributed by atoms with Gasteiger partial charge in [0, 0.05) is 25.6 Å². The van der Waals surface area contributed by atoms with Gasteiger partial charge in [-0.2, -0.15) is 0 Å². The molecule has 1 aromatic carbocycles. The monoisotopic (exact) mass is 312 g/mol. The summed E-state index contributed by atoms with van der Waals surface area (Å²) in [4.78, 5) is 28.0. The van der Waals surface area contributed by atoms with Crippen LogP contribution in [0.1, 0.15) is 12.0 Å². The summed E-state index contributed by atoms with van der Waals surface area (Å²) < 4.78 is 0. The zero-order valence-electron chi connectivity index (χ0n) is 12.4. The normalized spacial score (nSPS) is 17.3. The van der Waals surface area contributed by atoms with Gasteiger partial charge in [0.15, 0.2) is 0 Å². The number of benzene rings is 1. The van der Waals surface area contributed by atoms with Crippen LogP contribution >= 0.6 is 0 Å². The molecular weight excluding hydrogens is 296 g/mol. The molecule has 7 heteroatoms. The average molecular weight is 312 g/mol. The van der Waals surface area contributed by atoms with Gasteiger partial charge in [-0.1, -0.05) is 30.3 Å². The largest absolute Gasteiger partial charge is 0.365 e. The molecule has 1 N–H and O–H groups in total. The van der Waals surface area contributed by atoms with Crippen molar-refractivity contribution in [2.45, 2.75) is 19.0 Å². The number of nitrogens with zero attached hydrogens (tertiary/aromatic N) is 3. The van der Waals surface area contributed by atoms with E-state index in [4.69, 9.17) is 0 Å². The van der Waals surface area contributed by atoms with Gasteiger partial charge in [0.2, 0.25) is 5.91 Å². The van der Waals surface area contributed by atoms with Gasteiger partial charge in [0.05, 0.1) is 11.0 Å². The molecule has 0 spiro atoms. The summed E-state index contributed by atoms with van der Waals surface area (Å²) in [7, 11) is 0. The number of anilines is 1. The molecule has 2 heterocycles. The molecular formula is C16H16N4O3. The van der Waals surface area contributed by atoms with Crippen LogP contribution in [0.4, 0.5) is 11.5 Å². The van der Waals surface area contributed by atoms with E-state index < -0.39 is 4.92 Å². The predicted octanol–water partition coefficient (Wildman–Crippen LogP) is 2.20. The summed E-state index contributed by atoms with van der Waals surface area (Å²) >= 11 is 0. The molecule has 1 aliphatic rings. The van der Waals surface area contributed by atoms with Crippen molar-refractivity contribution in [3.8, 4) is 0 Å². The zero-order chi connectivity index (χ0) is 16.2. The van der Waals surface area contributed by atoms with Crippen molar-refractivity contribution in [3.05, 3.63) is 64.3 Å². The topological polar surface area (TPSA) is 88.4 Å². The summed E-state index contributed by atoms with van der Waals surface area (Å²) in [6.07, 6.45) is 1.60. The number of likely N-dealkylation sites (tertiary alicyclic amines) is 1. The minimum absolute atomic E-state index is 0.0415. The lowest BCUT2D eigenvalue weighted by Crippen LogP contribution is -2.27. The Kier molecular flexibility index (Phi) is 4.18. The average Bonchev–Trinajstić information content (AvgIpc) is 2.88. The summed E-state index contributed by atoms with van der Waals surface area (Å²) in [6.45, 7) is 1.18. The highest BCUT2D eigenvalue weighted by molar-refractivity contribution is 5.80. The van der Waals surface area contributed by atoms with Crippen molar-refractivity contribution in [2.24, 2.45) is 0 Å². The van der Waals surface area contributed by atoms with Crippen LogP contribution in [0.25, 0.3) is 0 Å². The van der Waals surface area contributed by atoms with Crippen LogP contribution in [0, 0.1) is 10.1 Å². The van der Waals surface area contributed by atoms with Crippen LogP contribution < -0.4 is 5.32 Å². The van der Waals surface area contributed by atoms with Crippen LogP contribution in [-0.2, 0) is 11.3 Å². The third-order valence-electron chi connectivity index (χ3n) is 3.74. The Labute approximate surface area is 133 Å². The van der Waals surface area contributed by atoms with Gasteiger partial charge in [0.1, 0.15) is 12.0 Å². The summed E-state index contributed by atoms with van der Waals surface area (Å²) in [5.74, 6) is 0.628. The molecule has 0 aliphatic carbocycles. The van der Waals surface area contributed by atoms with E-state index in [1.165, 1.54) is 12.3 Å². The molecule has 1 saturated heterocycles. The third-order valence-corrected chi connectivity index (χ3v) is 3.74. The maximum Gasteiger partial charge on any atom is 0.287 e. The van der Waals surface area contributed by atoms with Crippen LogP contribution in [-0.4, -0.2) is 33.3 Å². The molecule has 0 bridgehead atoms. The first-order valence-electron chi connectivity index (χ1n) is 7.30. The molecule has 7 nitrogen and oxygen atoms in total. The number of carbonyl (C=O) groups excluding carboxylic acids is 1. The first-order valence-corrected chi connectivity index (χ1v) is 7.30. The lowest BCUT2D eigenvalue weighted by molar-refractivity contribution is -0.385. The molecule has 1 atom stereocenters. The fourth-order valence-corrected chi connectivity index (χ4v) is 2.61. The molecule has 23 heavy (non-hydrogen) atoms. The molecule has 1 aliphatic heterocycles. The van der Waals surface area contributed by atoms with E-state index >= 15 is 0 Å². The van der Waals surface area contributed by atoms with E-state index in [0.29, 0.717) is 25.3 Å². The van der Waals surface area contributed by atoms with Gasteiger partial charge in [0.25, 0.3) is 5.69 Å². The molecule has 2 aromatic rings. The second-order valence-corrected chi connectivity index (χ2v) is 5.46. The highest BCUT2D eigenvalue weighted by atomic mass is 16.6. The van der Waals surface area contributed by atoms with Crippen molar-refractivity contribution >= 4 is 17.4 Å². The molecule has 1 amide bonds. The summed E-state index contributed by atoms with van der Waals surface area (Å²) in [5.41, 5.74) is 1.04. The molecule has 0 saturated carbocycles. The van der Waals surface area contributed by atoms with Crippen molar-refractivity contribution in [3.63, 3.8) is 0 Å². The van der Waals surface area contributed by atoms with E-state index in [2.05, 4.69) is 10.3 Å². The number of carbonyl (C=O) groups is 1. The minimum atomic E-state index is -0.489. The molecule has 3 rings (SSSR count). The van der Waals surface area contributed by atoms with Crippen molar-refractivity contribution in [2.75, 3.05) is 11.9 Å². The van der Waals surface area contributed by atoms with Crippen LogP contribution in [0.15, 0.2) is 48.7 Å². The number of pyridine rings is 1. The Morgan fingerprint density at radius 3 is 2.70 bits per heavy atom. The second kappa shape index (κ2) is 6.43. The van der Waals surface area contributed by atoms with E-state index in [0.717, 1.165) is 5.56 Å². The fraction of sp³-hybridized carbons (Fsp3) is 0.250. The molecule has 1 fully saturated rings. The number of amides is 1. The van der Waals surface area contributed by atoms with Gasteiger partial charge < -0.3 is 10.2 Å². The lowest BCUT2D eigenvalue weighted by Gasteiger charge is -2.17. The highest BCUT2D eigenvalue weighted by Crippen LogP contribution is 2.19. The van der Waals surface area contributed by atoms with Gasteiger partial charge >= 0.3 is 0 Å². The zero-order valence-corrected chi connectivity index (χ0v) is 12.4. The van der Waals surface area contributed by atoms with E-state index in [-0.39, 0.29) is 17.6 Å². The number of nitro groups is 1.